The molecule has 2 N–H and O–H groups in total. The average molecular weight is 329 g/mol. The van der Waals surface area contributed by atoms with Crippen molar-refractivity contribution < 1.29 is 23.8 Å². The molecule has 6 heteroatoms. The van der Waals surface area contributed by atoms with Gasteiger partial charge < -0.3 is 19.9 Å². The molecule has 0 aliphatic rings. The summed E-state index contributed by atoms with van der Waals surface area (Å²) in [6.07, 6.45) is -1.00. The quantitative estimate of drug-likeness (QED) is 0.788. The third kappa shape index (κ3) is 4.49. The fourth-order valence-corrected chi connectivity index (χ4v) is 1.94. The van der Waals surface area contributed by atoms with Crippen LogP contribution in [0.1, 0.15) is 22.8 Å². The van der Waals surface area contributed by atoms with E-state index >= 15 is 0 Å². The highest BCUT2D eigenvalue weighted by molar-refractivity contribution is 5.92. The van der Waals surface area contributed by atoms with Gasteiger partial charge in [-0.05, 0) is 30.7 Å². The Hall–Kier alpha value is -3.02. The highest BCUT2D eigenvalue weighted by atomic mass is 16.5. The number of hydrogen-bond donors (Lipinski definition) is 1. The molecule has 2 aromatic rings. The van der Waals surface area contributed by atoms with E-state index in [0.29, 0.717) is 18.1 Å². The number of carbonyl (C=O) groups excluding carboxylic acids is 2. The predicted octanol–water partition coefficient (Wildman–Crippen LogP) is 2.30. The minimum atomic E-state index is -1.00. The molecule has 0 aliphatic carbocycles. The van der Waals surface area contributed by atoms with Crippen LogP contribution >= 0.6 is 0 Å². The summed E-state index contributed by atoms with van der Waals surface area (Å²) in [5, 5.41) is 0. The lowest BCUT2D eigenvalue weighted by Crippen LogP contribution is -2.30. The van der Waals surface area contributed by atoms with E-state index in [0.717, 1.165) is 5.56 Å². The van der Waals surface area contributed by atoms with Crippen LogP contribution < -0.4 is 15.2 Å². The van der Waals surface area contributed by atoms with Gasteiger partial charge in [-0.1, -0.05) is 30.3 Å². The largest absolute Gasteiger partial charge is 0.493 e. The summed E-state index contributed by atoms with van der Waals surface area (Å²) < 4.78 is 15.9. The van der Waals surface area contributed by atoms with Crippen molar-refractivity contribution in [1.82, 2.24) is 0 Å². The normalized spacial score (nSPS) is 11.4. The molecule has 0 radical (unpaired) electrons. The zero-order valence-corrected chi connectivity index (χ0v) is 13.5. The number of methoxy groups -OCH3 is 1. The molecule has 0 saturated carbocycles. The van der Waals surface area contributed by atoms with Crippen molar-refractivity contribution in [1.29, 1.82) is 0 Å². The van der Waals surface area contributed by atoms with E-state index in [1.807, 2.05) is 30.3 Å². The Morgan fingerprint density at radius 1 is 1.08 bits per heavy atom. The number of benzene rings is 2. The van der Waals surface area contributed by atoms with Crippen LogP contribution in [-0.2, 0) is 16.1 Å². The molecule has 6 nitrogen and oxygen atoms in total. The summed E-state index contributed by atoms with van der Waals surface area (Å²) >= 11 is 0. The molecular weight excluding hydrogens is 310 g/mol. The number of esters is 1. The zero-order chi connectivity index (χ0) is 17.5. The number of primary amides is 1. The minimum absolute atomic E-state index is 0.243. The van der Waals surface area contributed by atoms with E-state index in [9.17, 15) is 9.59 Å². The lowest BCUT2D eigenvalue weighted by molar-refractivity contribution is -0.125. The molecule has 0 unspecified atom stereocenters. The van der Waals surface area contributed by atoms with Gasteiger partial charge in [0.2, 0.25) is 0 Å². The summed E-state index contributed by atoms with van der Waals surface area (Å²) in [5.74, 6) is -0.472. The van der Waals surface area contributed by atoms with Crippen LogP contribution in [0, 0.1) is 0 Å². The van der Waals surface area contributed by atoms with Gasteiger partial charge in [0.25, 0.3) is 5.91 Å². The third-order valence-electron chi connectivity index (χ3n) is 3.32. The monoisotopic (exact) mass is 329 g/mol. The summed E-state index contributed by atoms with van der Waals surface area (Å²) in [6.45, 7) is 1.79. The van der Waals surface area contributed by atoms with Gasteiger partial charge >= 0.3 is 5.97 Å². The molecule has 126 valence electrons. The molecule has 0 bridgehead atoms. The predicted molar refractivity (Wildman–Crippen MR) is 87.8 cm³/mol. The van der Waals surface area contributed by atoms with Gasteiger partial charge in [-0.2, -0.15) is 0 Å². The second kappa shape index (κ2) is 8.01. The van der Waals surface area contributed by atoms with Crippen molar-refractivity contribution in [3.8, 4) is 11.5 Å². The number of amides is 1. The van der Waals surface area contributed by atoms with Crippen molar-refractivity contribution in [3.05, 3.63) is 59.7 Å². The van der Waals surface area contributed by atoms with E-state index < -0.39 is 18.0 Å². The first-order chi connectivity index (χ1) is 11.5. The maximum absolute atomic E-state index is 12.0. The lowest BCUT2D eigenvalue weighted by atomic mass is 10.2. The molecule has 0 aliphatic heterocycles. The molecule has 2 aromatic carbocycles. The van der Waals surface area contributed by atoms with E-state index in [2.05, 4.69) is 0 Å². The maximum atomic E-state index is 12.0. The van der Waals surface area contributed by atoms with Gasteiger partial charge in [0.05, 0.1) is 12.7 Å². The first kappa shape index (κ1) is 17.3. The van der Waals surface area contributed by atoms with Crippen LogP contribution in [0.15, 0.2) is 48.5 Å². The first-order valence-corrected chi connectivity index (χ1v) is 7.36. The van der Waals surface area contributed by atoms with Crippen molar-refractivity contribution in [3.63, 3.8) is 0 Å². The van der Waals surface area contributed by atoms with Crippen molar-refractivity contribution in [2.75, 3.05) is 7.11 Å². The van der Waals surface area contributed by atoms with Gasteiger partial charge in [0.1, 0.15) is 6.61 Å². The van der Waals surface area contributed by atoms with Gasteiger partial charge in [-0.15, -0.1) is 0 Å². The molecule has 0 aromatic heterocycles. The number of carbonyl (C=O) groups is 2. The van der Waals surface area contributed by atoms with Gasteiger partial charge in [0, 0.05) is 0 Å². The summed E-state index contributed by atoms with van der Waals surface area (Å²) in [6, 6.07) is 14.3. The van der Waals surface area contributed by atoms with E-state index in [1.165, 1.54) is 20.1 Å². The molecule has 1 atom stereocenters. The number of ether oxygens (including phenoxy) is 3. The molecular formula is C18H19NO5. The Morgan fingerprint density at radius 3 is 2.42 bits per heavy atom. The van der Waals surface area contributed by atoms with Gasteiger partial charge in [-0.25, -0.2) is 4.79 Å². The Morgan fingerprint density at radius 2 is 1.79 bits per heavy atom. The molecule has 0 fully saturated rings. The number of hydrogen-bond acceptors (Lipinski definition) is 5. The average Bonchev–Trinajstić information content (AvgIpc) is 2.60. The van der Waals surface area contributed by atoms with Crippen molar-refractivity contribution >= 4 is 11.9 Å². The number of nitrogens with two attached hydrogens (primary N) is 1. The SMILES string of the molecule is COc1cc(C(=O)O[C@@H](C)C(N)=O)ccc1OCc1ccccc1. The maximum Gasteiger partial charge on any atom is 0.339 e. The molecule has 1 amide bonds. The van der Waals surface area contributed by atoms with Crippen LogP contribution in [0.4, 0.5) is 0 Å². The van der Waals surface area contributed by atoms with Crippen molar-refractivity contribution in [2.45, 2.75) is 19.6 Å². The first-order valence-electron chi connectivity index (χ1n) is 7.36. The topological polar surface area (TPSA) is 87.9 Å². The zero-order valence-electron chi connectivity index (χ0n) is 13.5. The fraction of sp³-hybridized carbons (Fsp3) is 0.222. The lowest BCUT2D eigenvalue weighted by Gasteiger charge is -2.13. The summed E-state index contributed by atoms with van der Waals surface area (Å²) in [4.78, 5) is 23.0. The number of rotatable bonds is 7. The van der Waals surface area contributed by atoms with Crippen LogP contribution in [0.25, 0.3) is 0 Å². The van der Waals surface area contributed by atoms with Gasteiger partial charge in [0.15, 0.2) is 17.6 Å². The smallest absolute Gasteiger partial charge is 0.339 e. The van der Waals surface area contributed by atoms with E-state index in [-0.39, 0.29) is 5.56 Å². The molecule has 0 saturated heterocycles. The highest BCUT2D eigenvalue weighted by Crippen LogP contribution is 2.29. The summed E-state index contributed by atoms with van der Waals surface area (Å²) in [5.41, 5.74) is 6.33. The fourth-order valence-electron chi connectivity index (χ4n) is 1.94. The Balaban J connectivity index is 2.09. The minimum Gasteiger partial charge on any atom is -0.493 e. The molecule has 24 heavy (non-hydrogen) atoms. The van der Waals surface area contributed by atoms with E-state index in [4.69, 9.17) is 19.9 Å². The Bertz CT molecular complexity index is 715. The van der Waals surface area contributed by atoms with Crippen LogP contribution in [0.3, 0.4) is 0 Å². The van der Waals surface area contributed by atoms with Crippen molar-refractivity contribution in [2.24, 2.45) is 5.73 Å². The Labute approximate surface area is 140 Å². The third-order valence-corrected chi connectivity index (χ3v) is 3.32. The second-order valence-corrected chi connectivity index (χ2v) is 5.09. The molecule has 0 heterocycles. The van der Waals surface area contributed by atoms with Crippen LogP contribution in [0.5, 0.6) is 11.5 Å². The van der Waals surface area contributed by atoms with E-state index in [1.54, 1.807) is 12.1 Å². The van der Waals surface area contributed by atoms with Crippen LogP contribution in [-0.4, -0.2) is 25.1 Å². The second-order valence-electron chi connectivity index (χ2n) is 5.09. The molecule has 2 rings (SSSR count). The standard InChI is InChI=1S/C18H19NO5/c1-12(17(19)20)24-18(21)14-8-9-15(16(10-14)22-2)23-11-13-6-4-3-5-7-13/h3-10,12H,11H2,1-2H3,(H2,19,20)/t12-/m0/s1. The molecule has 0 spiro atoms. The summed E-state index contributed by atoms with van der Waals surface area (Å²) in [7, 11) is 1.48. The van der Waals surface area contributed by atoms with Gasteiger partial charge in [-0.3, -0.25) is 4.79 Å². The van der Waals surface area contributed by atoms with Crippen LogP contribution in [0.2, 0.25) is 0 Å². The highest BCUT2D eigenvalue weighted by Gasteiger charge is 2.18. The Kier molecular flexibility index (Phi) is 5.78.